The number of halogens is 2. The minimum Gasteiger partial charge on any atom is -0.507 e. The highest BCUT2D eigenvalue weighted by atomic mass is 79.9. The summed E-state index contributed by atoms with van der Waals surface area (Å²) in [6.45, 7) is 0. The molecule has 0 aromatic heterocycles. The van der Waals surface area contributed by atoms with Crippen LogP contribution in [0.5, 0.6) is 5.75 Å². The molecule has 3 rings (SSSR count). The molecule has 1 fully saturated rings. The van der Waals surface area contributed by atoms with Crippen molar-refractivity contribution in [1.82, 2.24) is 10.4 Å². The smallest absolute Gasteiger partial charge is 0.285 e. The second-order valence-electron chi connectivity index (χ2n) is 5.17. The van der Waals surface area contributed by atoms with Crippen molar-refractivity contribution in [1.29, 1.82) is 0 Å². The molecule has 0 radical (unpaired) electrons. The minimum atomic E-state index is -0.590. The number of aromatic hydroxyl groups is 1. The summed E-state index contributed by atoms with van der Waals surface area (Å²) in [5, 5.41) is 10.8. The normalized spacial score (nSPS) is 15.6. The second-order valence-corrected chi connectivity index (χ2v) is 7.76. The molecule has 2 amide bonds. The molecule has 1 saturated heterocycles. The van der Waals surface area contributed by atoms with E-state index >= 15 is 0 Å². The molecule has 2 N–H and O–H groups in total. The quantitative estimate of drug-likeness (QED) is 0.546. The number of carbonyl (C=O) groups excluding carboxylic acids is 2. The number of rotatable bonds is 3. The lowest BCUT2D eigenvalue weighted by atomic mass is 10.2. The number of hydrogen-bond acceptors (Lipinski definition) is 5. The van der Waals surface area contributed by atoms with Gasteiger partial charge in [0.1, 0.15) is 11.6 Å². The largest absolute Gasteiger partial charge is 0.507 e. The van der Waals surface area contributed by atoms with Crippen LogP contribution in [0.3, 0.4) is 0 Å². The van der Waals surface area contributed by atoms with Crippen LogP contribution in [0.4, 0.5) is 4.39 Å². The number of thiocarbonyl (C=S) groups is 1. The van der Waals surface area contributed by atoms with Crippen LogP contribution in [0.1, 0.15) is 15.9 Å². The summed E-state index contributed by atoms with van der Waals surface area (Å²) in [6, 6.07) is 9.71. The molecule has 0 spiro atoms. The zero-order valence-electron chi connectivity index (χ0n) is 12.9. The third-order valence-electron chi connectivity index (χ3n) is 3.39. The maximum absolute atomic E-state index is 12.9. The number of benzene rings is 2. The highest BCUT2D eigenvalue weighted by molar-refractivity contribution is 9.10. The van der Waals surface area contributed by atoms with Gasteiger partial charge in [0.25, 0.3) is 11.8 Å². The van der Waals surface area contributed by atoms with E-state index in [9.17, 15) is 19.1 Å². The molecule has 0 unspecified atom stereocenters. The molecule has 1 aliphatic heterocycles. The van der Waals surface area contributed by atoms with Crippen LogP contribution in [-0.2, 0) is 4.79 Å². The Bertz CT molecular complexity index is 948. The number of carbonyl (C=O) groups is 2. The monoisotopic (exact) mass is 452 g/mol. The Hall–Kier alpha value is -2.23. The number of amides is 2. The molecular formula is C17H10BrFN2O3S2. The topological polar surface area (TPSA) is 69.6 Å². The number of nitrogens with one attached hydrogen (secondary N) is 1. The standard InChI is InChI=1S/C17H10BrFN2O3S2/c18-11-3-6-13(22)10(7-11)8-14-16(24)21(17(25)26-14)20-15(23)9-1-4-12(19)5-2-9/h1-8,22H,(H,20,23)/b14-8-. The average Bonchev–Trinajstić information content (AvgIpc) is 2.86. The highest BCUT2D eigenvalue weighted by Crippen LogP contribution is 2.34. The molecule has 0 saturated carbocycles. The molecule has 0 bridgehead atoms. The van der Waals surface area contributed by atoms with E-state index in [-0.39, 0.29) is 20.5 Å². The van der Waals surface area contributed by atoms with Gasteiger partial charge < -0.3 is 5.11 Å². The number of hydrazine groups is 1. The fourth-order valence-corrected chi connectivity index (χ4v) is 3.66. The SMILES string of the molecule is O=C(NN1C(=O)/C(=C/c2cc(Br)ccc2O)SC1=S)c1ccc(F)cc1. The van der Waals surface area contributed by atoms with Crippen LogP contribution >= 0.6 is 39.9 Å². The summed E-state index contributed by atoms with van der Waals surface area (Å²) in [5.74, 6) is -1.57. The van der Waals surface area contributed by atoms with Crippen LogP contribution in [0.2, 0.25) is 0 Å². The summed E-state index contributed by atoms with van der Waals surface area (Å²) in [4.78, 5) is 25.0. The summed E-state index contributed by atoms with van der Waals surface area (Å²) >= 11 is 9.43. The first-order chi connectivity index (χ1) is 12.3. The predicted octanol–water partition coefficient (Wildman–Crippen LogP) is 3.84. The summed E-state index contributed by atoms with van der Waals surface area (Å²) < 4.78 is 13.8. The molecule has 0 atom stereocenters. The number of nitrogens with zero attached hydrogens (tertiary/aromatic N) is 1. The third-order valence-corrected chi connectivity index (χ3v) is 5.19. The third kappa shape index (κ3) is 3.95. The van der Waals surface area contributed by atoms with Gasteiger partial charge in [0.15, 0.2) is 4.32 Å². The Kier molecular flexibility index (Phi) is 5.40. The van der Waals surface area contributed by atoms with E-state index in [1.165, 1.54) is 24.3 Å². The van der Waals surface area contributed by atoms with Crippen molar-refractivity contribution in [3.63, 3.8) is 0 Å². The molecule has 132 valence electrons. The van der Waals surface area contributed by atoms with Crippen LogP contribution in [0, 0.1) is 5.82 Å². The van der Waals surface area contributed by atoms with Crippen LogP contribution in [0.25, 0.3) is 6.08 Å². The van der Waals surface area contributed by atoms with Crippen molar-refractivity contribution < 1.29 is 19.1 Å². The van der Waals surface area contributed by atoms with Crippen LogP contribution in [0.15, 0.2) is 51.8 Å². The molecule has 0 aliphatic carbocycles. The van der Waals surface area contributed by atoms with Gasteiger partial charge >= 0.3 is 0 Å². The Morgan fingerprint density at radius 1 is 1.27 bits per heavy atom. The number of thioether (sulfide) groups is 1. The van der Waals surface area contributed by atoms with E-state index in [2.05, 4.69) is 21.4 Å². The van der Waals surface area contributed by atoms with E-state index in [4.69, 9.17) is 12.2 Å². The summed E-state index contributed by atoms with van der Waals surface area (Å²) in [6.07, 6.45) is 1.49. The lowest BCUT2D eigenvalue weighted by Gasteiger charge is -2.15. The number of phenolic OH excluding ortho intramolecular Hbond substituents is 1. The lowest BCUT2D eigenvalue weighted by Crippen LogP contribution is -2.44. The van der Waals surface area contributed by atoms with Crippen LogP contribution in [-0.4, -0.2) is 26.3 Å². The van der Waals surface area contributed by atoms with Gasteiger partial charge in [-0.1, -0.05) is 27.7 Å². The van der Waals surface area contributed by atoms with Crippen LogP contribution < -0.4 is 5.43 Å². The van der Waals surface area contributed by atoms with E-state index in [1.54, 1.807) is 12.1 Å². The molecular weight excluding hydrogens is 443 g/mol. The van der Waals surface area contributed by atoms with Crippen molar-refractivity contribution in [2.45, 2.75) is 0 Å². The summed E-state index contributed by atoms with van der Waals surface area (Å²) in [5.41, 5.74) is 3.03. The van der Waals surface area contributed by atoms with Crippen molar-refractivity contribution >= 4 is 62.1 Å². The number of phenols is 1. The molecule has 26 heavy (non-hydrogen) atoms. The van der Waals surface area contributed by atoms with Crippen molar-refractivity contribution in [3.05, 3.63) is 68.8 Å². The maximum atomic E-state index is 12.9. The Labute approximate surface area is 166 Å². The minimum absolute atomic E-state index is 0.00816. The van der Waals surface area contributed by atoms with Gasteiger partial charge in [-0.05, 0) is 60.8 Å². The highest BCUT2D eigenvalue weighted by Gasteiger charge is 2.34. The fourth-order valence-electron chi connectivity index (χ4n) is 2.11. The first kappa shape index (κ1) is 18.6. The van der Waals surface area contributed by atoms with Crippen molar-refractivity contribution in [3.8, 4) is 5.75 Å². The van der Waals surface area contributed by atoms with E-state index in [1.807, 2.05) is 0 Å². The van der Waals surface area contributed by atoms with Gasteiger partial charge in [-0.2, -0.15) is 5.01 Å². The molecule has 1 heterocycles. The van der Waals surface area contributed by atoms with Gasteiger partial charge in [-0.15, -0.1) is 0 Å². The predicted molar refractivity (Wildman–Crippen MR) is 105 cm³/mol. The van der Waals surface area contributed by atoms with E-state index in [0.29, 0.717) is 5.56 Å². The zero-order valence-corrected chi connectivity index (χ0v) is 16.1. The first-order valence-corrected chi connectivity index (χ1v) is 9.20. The van der Waals surface area contributed by atoms with Gasteiger partial charge in [-0.25, -0.2) is 4.39 Å². The van der Waals surface area contributed by atoms with Gasteiger partial charge in [0.05, 0.1) is 4.91 Å². The molecule has 9 heteroatoms. The van der Waals surface area contributed by atoms with Crippen molar-refractivity contribution in [2.24, 2.45) is 0 Å². The second kappa shape index (κ2) is 7.56. The van der Waals surface area contributed by atoms with E-state index in [0.717, 1.165) is 33.4 Å². The number of hydrogen-bond donors (Lipinski definition) is 2. The molecule has 1 aliphatic rings. The van der Waals surface area contributed by atoms with E-state index < -0.39 is 17.6 Å². The van der Waals surface area contributed by atoms with Gasteiger partial charge in [0, 0.05) is 15.6 Å². The lowest BCUT2D eigenvalue weighted by molar-refractivity contribution is -0.123. The summed E-state index contributed by atoms with van der Waals surface area (Å²) in [7, 11) is 0. The maximum Gasteiger partial charge on any atom is 0.285 e. The van der Waals surface area contributed by atoms with Crippen molar-refractivity contribution in [2.75, 3.05) is 0 Å². The zero-order chi connectivity index (χ0) is 18.8. The molecule has 5 nitrogen and oxygen atoms in total. The Morgan fingerprint density at radius 3 is 2.65 bits per heavy atom. The Balaban J connectivity index is 1.80. The van der Waals surface area contributed by atoms with Gasteiger partial charge in [0.2, 0.25) is 0 Å². The fraction of sp³-hybridized carbons (Fsp3) is 0. The molecule has 2 aromatic carbocycles. The average molecular weight is 453 g/mol. The first-order valence-electron chi connectivity index (χ1n) is 7.18. The molecule has 2 aromatic rings. The Morgan fingerprint density at radius 2 is 1.96 bits per heavy atom. The van der Waals surface area contributed by atoms with Gasteiger partial charge in [-0.3, -0.25) is 15.0 Å².